The molecule has 4 rings (SSSR count). The zero-order valence-electron chi connectivity index (χ0n) is 13.1. The quantitative estimate of drug-likeness (QED) is 0.762. The van der Waals surface area contributed by atoms with E-state index in [4.69, 9.17) is 4.74 Å². The van der Waals surface area contributed by atoms with Gasteiger partial charge in [-0.1, -0.05) is 54.1 Å². The first-order valence-corrected chi connectivity index (χ1v) is 7.85. The average Bonchev–Trinajstić information content (AvgIpc) is 2.90. The van der Waals surface area contributed by atoms with E-state index >= 15 is 0 Å². The van der Waals surface area contributed by atoms with Crippen molar-refractivity contribution in [2.45, 2.75) is 25.2 Å². The molecule has 2 aliphatic rings. The molecule has 2 aromatic rings. The molecule has 1 atom stereocenters. The lowest BCUT2D eigenvalue weighted by Gasteiger charge is -2.36. The third kappa shape index (κ3) is 1.85. The third-order valence-electron chi connectivity index (χ3n) is 5.19. The van der Waals surface area contributed by atoms with Crippen LogP contribution in [-0.2, 0) is 11.8 Å². The SMILES string of the molecule is COc1ccc(C23CC=C(C)C2=Cc2ccccc2C3)cc1. The molecule has 1 nitrogen and oxygen atoms in total. The van der Waals surface area contributed by atoms with E-state index in [1.54, 1.807) is 7.11 Å². The Morgan fingerprint density at radius 1 is 1.00 bits per heavy atom. The van der Waals surface area contributed by atoms with Gasteiger partial charge in [0, 0.05) is 5.41 Å². The molecular weight excluding hydrogens is 268 g/mol. The minimum atomic E-state index is 0.102. The maximum Gasteiger partial charge on any atom is 0.118 e. The van der Waals surface area contributed by atoms with Crippen LogP contribution < -0.4 is 4.74 Å². The standard InChI is InChI=1S/C21H20O/c1-15-11-12-21(18-7-9-19(22-2)10-8-18)14-17-6-4-3-5-16(17)13-20(15)21/h3-11,13H,12,14H2,1-2H3. The van der Waals surface area contributed by atoms with E-state index in [1.165, 1.54) is 27.8 Å². The van der Waals surface area contributed by atoms with Gasteiger partial charge in [0.05, 0.1) is 7.11 Å². The topological polar surface area (TPSA) is 9.23 Å². The largest absolute Gasteiger partial charge is 0.497 e. The number of benzene rings is 2. The summed E-state index contributed by atoms with van der Waals surface area (Å²) in [4.78, 5) is 0. The molecule has 0 spiro atoms. The molecule has 2 aromatic carbocycles. The van der Waals surface area contributed by atoms with Crippen molar-refractivity contribution >= 4 is 6.08 Å². The van der Waals surface area contributed by atoms with Gasteiger partial charge in [-0.15, -0.1) is 0 Å². The number of ether oxygens (including phenoxy) is 1. The second-order valence-electron chi connectivity index (χ2n) is 6.34. The predicted molar refractivity (Wildman–Crippen MR) is 91.2 cm³/mol. The Morgan fingerprint density at radius 2 is 1.77 bits per heavy atom. The van der Waals surface area contributed by atoms with Gasteiger partial charge in [-0.25, -0.2) is 0 Å². The van der Waals surface area contributed by atoms with Gasteiger partial charge in [0.2, 0.25) is 0 Å². The van der Waals surface area contributed by atoms with Gasteiger partial charge in [-0.3, -0.25) is 0 Å². The van der Waals surface area contributed by atoms with Gasteiger partial charge in [-0.05, 0) is 54.2 Å². The average molecular weight is 288 g/mol. The minimum Gasteiger partial charge on any atom is -0.497 e. The Morgan fingerprint density at radius 3 is 2.55 bits per heavy atom. The van der Waals surface area contributed by atoms with E-state index in [0.717, 1.165) is 18.6 Å². The first-order chi connectivity index (χ1) is 10.7. The molecule has 0 saturated carbocycles. The second kappa shape index (κ2) is 4.88. The van der Waals surface area contributed by atoms with Crippen LogP contribution in [0.2, 0.25) is 0 Å². The summed E-state index contributed by atoms with van der Waals surface area (Å²) in [6.07, 6.45) is 6.95. The molecule has 0 amide bonds. The summed E-state index contributed by atoms with van der Waals surface area (Å²) < 4.78 is 5.32. The summed E-state index contributed by atoms with van der Waals surface area (Å²) in [6, 6.07) is 17.4. The summed E-state index contributed by atoms with van der Waals surface area (Å²) >= 11 is 0. The fourth-order valence-corrected chi connectivity index (χ4v) is 3.95. The summed E-state index contributed by atoms with van der Waals surface area (Å²) in [5.41, 5.74) is 7.22. The molecular formula is C21H20O. The van der Waals surface area contributed by atoms with E-state index in [1.807, 2.05) is 0 Å². The highest BCUT2D eigenvalue weighted by molar-refractivity contribution is 5.71. The fraction of sp³-hybridized carbons (Fsp3) is 0.238. The molecule has 0 aliphatic heterocycles. The highest BCUT2D eigenvalue weighted by Gasteiger charge is 2.42. The van der Waals surface area contributed by atoms with Gasteiger partial charge in [0.15, 0.2) is 0 Å². The van der Waals surface area contributed by atoms with E-state index < -0.39 is 0 Å². The second-order valence-corrected chi connectivity index (χ2v) is 6.34. The van der Waals surface area contributed by atoms with Gasteiger partial charge in [0.1, 0.15) is 5.75 Å². The molecule has 0 saturated heterocycles. The molecule has 110 valence electrons. The van der Waals surface area contributed by atoms with E-state index in [9.17, 15) is 0 Å². The van der Waals surface area contributed by atoms with E-state index in [-0.39, 0.29) is 5.41 Å². The molecule has 2 aliphatic carbocycles. The summed E-state index contributed by atoms with van der Waals surface area (Å²) in [6.45, 7) is 2.24. The molecule has 22 heavy (non-hydrogen) atoms. The molecule has 1 unspecified atom stereocenters. The predicted octanol–water partition coefficient (Wildman–Crippen LogP) is 4.92. The monoisotopic (exact) mass is 288 g/mol. The maximum atomic E-state index is 5.32. The first kappa shape index (κ1) is 13.4. The fourth-order valence-electron chi connectivity index (χ4n) is 3.95. The smallest absolute Gasteiger partial charge is 0.118 e. The third-order valence-corrected chi connectivity index (χ3v) is 5.19. The van der Waals surface area contributed by atoms with Crippen LogP contribution >= 0.6 is 0 Å². The molecule has 0 fully saturated rings. The number of hydrogen-bond acceptors (Lipinski definition) is 1. The van der Waals surface area contributed by atoms with Crippen LogP contribution in [0.25, 0.3) is 6.08 Å². The van der Waals surface area contributed by atoms with E-state index in [2.05, 4.69) is 67.6 Å². The van der Waals surface area contributed by atoms with Crippen LogP contribution in [0.4, 0.5) is 0 Å². The van der Waals surface area contributed by atoms with Crippen molar-refractivity contribution in [1.82, 2.24) is 0 Å². The normalized spacial score (nSPS) is 22.5. The van der Waals surface area contributed by atoms with Gasteiger partial charge < -0.3 is 4.74 Å². The molecule has 0 bridgehead atoms. The number of hydrogen-bond donors (Lipinski definition) is 0. The van der Waals surface area contributed by atoms with Crippen molar-refractivity contribution < 1.29 is 4.74 Å². The van der Waals surface area contributed by atoms with E-state index in [0.29, 0.717) is 0 Å². The Hall–Kier alpha value is -2.28. The highest BCUT2D eigenvalue weighted by atomic mass is 16.5. The van der Waals surface area contributed by atoms with Crippen LogP contribution in [0.15, 0.2) is 65.8 Å². The zero-order chi connectivity index (χ0) is 15.2. The number of allylic oxidation sites excluding steroid dienone is 3. The Kier molecular flexibility index (Phi) is 2.97. The molecule has 0 N–H and O–H groups in total. The molecule has 0 aromatic heterocycles. The van der Waals surface area contributed by atoms with Crippen LogP contribution in [-0.4, -0.2) is 7.11 Å². The Bertz CT molecular complexity index is 780. The maximum absolute atomic E-state index is 5.32. The lowest BCUT2D eigenvalue weighted by Crippen LogP contribution is -2.31. The van der Waals surface area contributed by atoms with Crippen molar-refractivity contribution in [3.8, 4) is 5.75 Å². The van der Waals surface area contributed by atoms with Crippen molar-refractivity contribution in [2.75, 3.05) is 7.11 Å². The summed E-state index contributed by atoms with van der Waals surface area (Å²) in [7, 11) is 1.72. The van der Waals surface area contributed by atoms with Crippen LogP contribution in [0, 0.1) is 0 Å². The van der Waals surface area contributed by atoms with Crippen LogP contribution in [0.3, 0.4) is 0 Å². The van der Waals surface area contributed by atoms with Crippen molar-refractivity contribution in [2.24, 2.45) is 0 Å². The number of rotatable bonds is 2. The van der Waals surface area contributed by atoms with Gasteiger partial charge in [0.25, 0.3) is 0 Å². The first-order valence-electron chi connectivity index (χ1n) is 7.85. The van der Waals surface area contributed by atoms with Gasteiger partial charge >= 0.3 is 0 Å². The lowest BCUT2D eigenvalue weighted by molar-refractivity contribution is 0.414. The van der Waals surface area contributed by atoms with Gasteiger partial charge in [-0.2, -0.15) is 0 Å². The number of fused-ring (bicyclic) bond motifs is 2. The molecule has 0 heterocycles. The molecule has 1 heteroatoms. The highest BCUT2D eigenvalue weighted by Crippen LogP contribution is 2.51. The Labute approximate surface area is 131 Å². The van der Waals surface area contributed by atoms with Crippen molar-refractivity contribution in [3.05, 3.63) is 82.4 Å². The van der Waals surface area contributed by atoms with Crippen molar-refractivity contribution in [3.63, 3.8) is 0 Å². The minimum absolute atomic E-state index is 0.102. The summed E-state index contributed by atoms with van der Waals surface area (Å²) in [5.74, 6) is 0.921. The summed E-state index contributed by atoms with van der Waals surface area (Å²) in [5, 5.41) is 0. The van der Waals surface area contributed by atoms with Crippen LogP contribution in [0.1, 0.15) is 30.0 Å². The Balaban J connectivity index is 1.86. The van der Waals surface area contributed by atoms with Crippen molar-refractivity contribution in [1.29, 1.82) is 0 Å². The number of methoxy groups -OCH3 is 1. The van der Waals surface area contributed by atoms with Crippen LogP contribution in [0.5, 0.6) is 5.75 Å². The molecule has 0 radical (unpaired) electrons. The zero-order valence-corrected chi connectivity index (χ0v) is 13.1. The lowest BCUT2D eigenvalue weighted by atomic mass is 9.66.